The van der Waals surface area contributed by atoms with Crippen LogP contribution in [0.3, 0.4) is 0 Å². The minimum absolute atomic E-state index is 0.00575. The number of anilines is 1. The summed E-state index contributed by atoms with van der Waals surface area (Å²) in [5.41, 5.74) is 13.1. The van der Waals surface area contributed by atoms with Crippen molar-refractivity contribution in [2.75, 3.05) is 25.6 Å². The number of nitrogens with zero attached hydrogens (tertiary/aromatic N) is 4. The van der Waals surface area contributed by atoms with Gasteiger partial charge in [-0.2, -0.15) is 15.5 Å². The van der Waals surface area contributed by atoms with Crippen LogP contribution in [0, 0.1) is 22.7 Å². The molecule has 0 atom stereocenters. The summed E-state index contributed by atoms with van der Waals surface area (Å²) in [6, 6.07) is 14.0. The Balaban J connectivity index is 1.90. The summed E-state index contributed by atoms with van der Waals surface area (Å²) in [7, 11) is 0. The van der Waals surface area contributed by atoms with Crippen molar-refractivity contribution in [3.63, 3.8) is 0 Å². The molecule has 1 amide bonds. The first-order chi connectivity index (χ1) is 16.0. The number of carbonyl (C=O) groups is 1. The normalized spacial score (nSPS) is 10.2. The number of benzene rings is 1. The lowest BCUT2D eigenvalue weighted by Gasteiger charge is -2.14. The third-order valence-corrected chi connectivity index (χ3v) is 4.62. The molecule has 5 N–H and O–H groups in total. The van der Waals surface area contributed by atoms with Crippen LogP contribution in [0.5, 0.6) is 11.6 Å². The van der Waals surface area contributed by atoms with E-state index in [1.54, 1.807) is 36.4 Å². The summed E-state index contributed by atoms with van der Waals surface area (Å²) in [4.78, 5) is 19.3. The molecule has 0 aliphatic heterocycles. The minimum Gasteiger partial charge on any atom is -0.491 e. The number of aliphatic hydroxyl groups excluding tert-OH is 1. The molecule has 10 nitrogen and oxygen atoms in total. The molecule has 10 heteroatoms. The van der Waals surface area contributed by atoms with E-state index < -0.39 is 5.91 Å². The van der Waals surface area contributed by atoms with Crippen molar-refractivity contribution in [2.24, 2.45) is 5.73 Å². The van der Waals surface area contributed by atoms with Crippen LogP contribution < -0.4 is 20.9 Å². The number of nitrogen functional groups attached to an aromatic ring is 1. The van der Waals surface area contributed by atoms with Gasteiger partial charge in [0.1, 0.15) is 47.1 Å². The SMILES string of the molecule is N#Cc1c(N)nc(OCCc2ccnc(C(N)=O)c2)c(C#N)c1-c1ccc(OCCO)cc1. The highest BCUT2D eigenvalue weighted by atomic mass is 16.5. The first kappa shape index (κ1) is 23.0. The smallest absolute Gasteiger partial charge is 0.267 e. The topological polar surface area (TPSA) is 181 Å². The Hall–Kier alpha value is -4.67. The molecular weight excluding hydrogens is 424 g/mol. The molecule has 0 spiro atoms. The fourth-order valence-electron chi connectivity index (χ4n) is 3.10. The summed E-state index contributed by atoms with van der Waals surface area (Å²) >= 11 is 0. The van der Waals surface area contributed by atoms with E-state index in [0.717, 1.165) is 5.56 Å². The predicted molar refractivity (Wildman–Crippen MR) is 118 cm³/mol. The largest absolute Gasteiger partial charge is 0.491 e. The third kappa shape index (κ3) is 5.34. The third-order valence-electron chi connectivity index (χ3n) is 4.62. The number of pyridine rings is 2. The van der Waals surface area contributed by atoms with Gasteiger partial charge in [0.25, 0.3) is 5.91 Å². The average Bonchev–Trinajstić information content (AvgIpc) is 2.83. The molecular formula is C23H20N6O4. The van der Waals surface area contributed by atoms with Gasteiger partial charge in [-0.05, 0) is 35.4 Å². The number of rotatable bonds is 9. The predicted octanol–water partition coefficient (Wildman–Crippen LogP) is 1.56. The number of aromatic nitrogens is 2. The Morgan fingerprint density at radius 1 is 1.06 bits per heavy atom. The number of carbonyl (C=O) groups excluding carboxylic acids is 1. The van der Waals surface area contributed by atoms with Crippen LogP contribution in [0.15, 0.2) is 42.6 Å². The maximum absolute atomic E-state index is 11.3. The van der Waals surface area contributed by atoms with E-state index in [4.69, 9.17) is 26.0 Å². The second-order valence-electron chi connectivity index (χ2n) is 6.76. The molecule has 0 aliphatic carbocycles. The van der Waals surface area contributed by atoms with Crippen LogP contribution in [0.2, 0.25) is 0 Å². The number of aliphatic hydroxyl groups is 1. The Labute approximate surface area is 189 Å². The molecule has 2 aromatic heterocycles. The van der Waals surface area contributed by atoms with Crippen molar-refractivity contribution < 1.29 is 19.4 Å². The van der Waals surface area contributed by atoms with Crippen molar-refractivity contribution in [1.82, 2.24) is 9.97 Å². The Kier molecular flexibility index (Phi) is 7.37. The molecule has 0 saturated carbocycles. The van der Waals surface area contributed by atoms with Crippen molar-refractivity contribution in [2.45, 2.75) is 6.42 Å². The molecule has 0 fully saturated rings. The summed E-state index contributed by atoms with van der Waals surface area (Å²) in [6.07, 6.45) is 1.86. The highest BCUT2D eigenvalue weighted by Crippen LogP contribution is 2.35. The van der Waals surface area contributed by atoms with Crippen LogP contribution in [-0.4, -0.2) is 40.8 Å². The van der Waals surface area contributed by atoms with Crippen LogP contribution in [0.1, 0.15) is 27.2 Å². The van der Waals surface area contributed by atoms with E-state index in [1.807, 2.05) is 6.07 Å². The van der Waals surface area contributed by atoms with Crippen LogP contribution in [0.25, 0.3) is 11.1 Å². The number of hydrogen-bond acceptors (Lipinski definition) is 9. The molecule has 3 rings (SSSR count). The van der Waals surface area contributed by atoms with E-state index in [9.17, 15) is 15.3 Å². The molecule has 0 unspecified atom stereocenters. The van der Waals surface area contributed by atoms with Gasteiger partial charge in [-0.1, -0.05) is 12.1 Å². The lowest BCUT2D eigenvalue weighted by Crippen LogP contribution is -2.14. The molecule has 0 aliphatic rings. The standard InChI is InChI=1S/C23H20N6O4/c24-12-17-20(15-1-3-16(4-2-15)32-10-8-30)18(13-25)23(29-21(17)26)33-9-6-14-5-7-28-19(11-14)22(27)31/h1-5,7,11,30H,6,8-10H2,(H2,26,29)(H2,27,31). The molecule has 2 heterocycles. The molecule has 166 valence electrons. The summed E-state index contributed by atoms with van der Waals surface area (Å²) < 4.78 is 11.1. The van der Waals surface area contributed by atoms with Gasteiger partial charge in [-0.25, -0.2) is 0 Å². The van der Waals surface area contributed by atoms with Gasteiger partial charge in [0.05, 0.1) is 13.2 Å². The van der Waals surface area contributed by atoms with Crippen molar-refractivity contribution in [3.8, 4) is 34.9 Å². The van der Waals surface area contributed by atoms with Gasteiger partial charge in [0, 0.05) is 18.2 Å². The van der Waals surface area contributed by atoms with Gasteiger partial charge < -0.3 is 26.0 Å². The van der Waals surface area contributed by atoms with Crippen molar-refractivity contribution in [3.05, 3.63) is 65.0 Å². The maximum Gasteiger partial charge on any atom is 0.267 e. The van der Waals surface area contributed by atoms with Gasteiger partial charge in [0.2, 0.25) is 5.88 Å². The molecule has 3 aromatic rings. The highest BCUT2D eigenvalue weighted by molar-refractivity contribution is 5.90. The van der Waals surface area contributed by atoms with Crippen LogP contribution in [0.4, 0.5) is 5.82 Å². The Bertz CT molecular complexity index is 1250. The van der Waals surface area contributed by atoms with Gasteiger partial charge in [-0.15, -0.1) is 0 Å². The molecule has 33 heavy (non-hydrogen) atoms. The van der Waals surface area contributed by atoms with Crippen molar-refractivity contribution >= 4 is 11.7 Å². The van der Waals surface area contributed by atoms with E-state index in [0.29, 0.717) is 23.3 Å². The Morgan fingerprint density at radius 3 is 2.42 bits per heavy atom. The highest BCUT2D eigenvalue weighted by Gasteiger charge is 2.21. The zero-order valence-electron chi connectivity index (χ0n) is 17.5. The zero-order valence-corrected chi connectivity index (χ0v) is 17.5. The van der Waals surface area contributed by atoms with Gasteiger partial charge in [-0.3, -0.25) is 9.78 Å². The number of hydrogen-bond donors (Lipinski definition) is 3. The quantitative estimate of drug-likeness (QED) is 0.441. The number of nitriles is 2. The monoisotopic (exact) mass is 444 g/mol. The summed E-state index contributed by atoms with van der Waals surface area (Å²) in [6.45, 7) is 0.150. The van der Waals surface area contributed by atoms with Gasteiger partial charge >= 0.3 is 0 Å². The van der Waals surface area contributed by atoms with Gasteiger partial charge in [0.15, 0.2) is 0 Å². The molecule has 0 bridgehead atoms. The number of nitrogens with two attached hydrogens (primary N) is 2. The first-order valence-electron chi connectivity index (χ1n) is 9.83. The number of ether oxygens (including phenoxy) is 2. The van der Waals surface area contributed by atoms with Crippen LogP contribution in [-0.2, 0) is 6.42 Å². The van der Waals surface area contributed by atoms with E-state index in [1.165, 1.54) is 6.20 Å². The molecule has 1 aromatic carbocycles. The fourth-order valence-corrected chi connectivity index (χ4v) is 3.10. The van der Waals surface area contributed by atoms with Crippen LogP contribution >= 0.6 is 0 Å². The lowest BCUT2D eigenvalue weighted by atomic mass is 9.96. The maximum atomic E-state index is 11.3. The first-order valence-corrected chi connectivity index (χ1v) is 9.83. The number of primary amides is 1. The summed E-state index contributed by atoms with van der Waals surface area (Å²) in [5.74, 6) is -0.185. The fraction of sp³-hybridized carbons (Fsp3) is 0.174. The van der Waals surface area contributed by atoms with E-state index >= 15 is 0 Å². The Morgan fingerprint density at radius 2 is 1.79 bits per heavy atom. The van der Waals surface area contributed by atoms with E-state index in [-0.39, 0.29) is 48.3 Å². The lowest BCUT2D eigenvalue weighted by molar-refractivity contribution is 0.0995. The van der Waals surface area contributed by atoms with E-state index in [2.05, 4.69) is 16.0 Å². The average molecular weight is 444 g/mol. The second-order valence-corrected chi connectivity index (χ2v) is 6.76. The number of amides is 1. The van der Waals surface area contributed by atoms with Crippen molar-refractivity contribution in [1.29, 1.82) is 10.5 Å². The summed E-state index contributed by atoms with van der Waals surface area (Å²) in [5, 5.41) is 28.3. The minimum atomic E-state index is -0.636. The zero-order chi connectivity index (χ0) is 23.8. The molecule has 0 saturated heterocycles. The second kappa shape index (κ2) is 10.6. The molecule has 0 radical (unpaired) electrons.